The number of carbonyl (C=O) groups excluding carboxylic acids is 1. The van der Waals surface area contributed by atoms with Gasteiger partial charge in [-0.25, -0.2) is 0 Å². The summed E-state index contributed by atoms with van der Waals surface area (Å²) in [6, 6.07) is 11.7. The number of ether oxygens (including phenoxy) is 1. The Morgan fingerprint density at radius 3 is 2.52 bits per heavy atom. The minimum Gasteiger partial charge on any atom is -0.483 e. The number of anilines is 1. The molecule has 2 rings (SSSR count). The molecule has 0 aromatic heterocycles. The highest BCUT2D eigenvalue weighted by atomic mass is 35.5. The van der Waals surface area contributed by atoms with Gasteiger partial charge in [-0.05, 0) is 36.4 Å². The van der Waals surface area contributed by atoms with Crippen LogP contribution in [-0.4, -0.2) is 17.6 Å². The first-order chi connectivity index (χ1) is 10.1. The van der Waals surface area contributed by atoms with Crippen molar-refractivity contribution in [1.82, 2.24) is 0 Å². The molecule has 0 saturated carbocycles. The average Bonchev–Trinajstić information content (AvgIpc) is 2.47. The van der Waals surface area contributed by atoms with E-state index in [4.69, 9.17) is 27.9 Å². The molecule has 0 aliphatic rings. The van der Waals surface area contributed by atoms with E-state index in [0.717, 1.165) is 0 Å². The highest BCUT2D eigenvalue weighted by Crippen LogP contribution is 2.26. The summed E-state index contributed by atoms with van der Waals surface area (Å²) in [7, 11) is 0. The molecule has 2 N–H and O–H groups in total. The second kappa shape index (κ2) is 7.31. The topological polar surface area (TPSA) is 58.6 Å². The number of benzene rings is 2. The summed E-state index contributed by atoms with van der Waals surface area (Å²) in [4.78, 5) is 11.8. The predicted molar refractivity (Wildman–Crippen MR) is 83.0 cm³/mol. The third-order valence-corrected chi connectivity index (χ3v) is 3.33. The standard InChI is InChI=1S/C15H13Cl2NO3/c16-10-4-6-11(7-5-10)18-15(20)9-21-14-3-1-2-13(17)12(14)8-19/h1-7,19H,8-9H2,(H,18,20). The van der Waals surface area contributed by atoms with Gasteiger partial charge in [-0.2, -0.15) is 0 Å². The number of hydrogen-bond donors (Lipinski definition) is 2. The van der Waals surface area contributed by atoms with Crippen LogP contribution in [0.1, 0.15) is 5.56 Å². The Bertz CT molecular complexity index is 629. The Labute approximate surface area is 132 Å². The Morgan fingerprint density at radius 2 is 1.86 bits per heavy atom. The lowest BCUT2D eigenvalue weighted by molar-refractivity contribution is -0.118. The first kappa shape index (κ1) is 15.6. The van der Waals surface area contributed by atoms with Crippen molar-refractivity contribution in [3.63, 3.8) is 0 Å². The smallest absolute Gasteiger partial charge is 0.262 e. The predicted octanol–water partition coefficient (Wildman–Crippen LogP) is 3.50. The average molecular weight is 326 g/mol. The molecule has 0 saturated heterocycles. The molecular formula is C15H13Cl2NO3. The Balaban J connectivity index is 1.95. The first-order valence-electron chi connectivity index (χ1n) is 6.16. The van der Waals surface area contributed by atoms with Crippen molar-refractivity contribution < 1.29 is 14.6 Å². The second-order valence-electron chi connectivity index (χ2n) is 4.22. The van der Waals surface area contributed by atoms with E-state index in [2.05, 4.69) is 5.32 Å². The van der Waals surface area contributed by atoms with Gasteiger partial charge >= 0.3 is 0 Å². The van der Waals surface area contributed by atoms with Crippen LogP contribution in [0.2, 0.25) is 10.0 Å². The van der Waals surface area contributed by atoms with Crippen LogP contribution in [0.15, 0.2) is 42.5 Å². The van der Waals surface area contributed by atoms with Gasteiger partial charge in [0.05, 0.1) is 6.61 Å². The van der Waals surface area contributed by atoms with Crippen LogP contribution in [0, 0.1) is 0 Å². The normalized spacial score (nSPS) is 10.2. The molecular weight excluding hydrogens is 313 g/mol. The third-order valence-electron chi connectivity index (χ3n) is 2.72. The maximum atomic E-state index is 11.8. The number of halogens is 2. The molecule has 1 amide bonds. The molecule has 6 heteroatoms. The highest BCUT2D eigenvalue weighted by Gasteiger charge is 2.09. The summed E-state index contributed by atoms with van der Waals surface area (Å²) in [5.74, 6) is 0.0671. The largest absolute Gasteiger partial charge is 0.483 e. The summed E-state index contributed by atoms with van der Waals surface area (Å²) in [5, 5.41) is 12.9. The zero-order valence-corrected chi connectivity index (χ0v) is 12.5. The van der Waals surface area contributed by atoms with Crippen molar-refractivity contribution in [3.8, 4) is 5.75 Å². The molecule has 0 atom stereocenters. The van der Waals surface area contributed by atoms with Gasteiger partial charge in [0.25, 0.3) is 5.91 Å². The number of hydrogen-bond acceptors (Lipinski definition) is 3. The van der Waals surface area contributed by atoms with Crippen molar-refractivity contribution in [1.29, 1.82) is 0 Å². The van der Waals surface area contributed by atoms with Gasteiger partial charge in [-0.1, -0.05) is 29.3 Å². The SMILES string of the molecule is O=C(COc1cccc(Cl)c1CO)Nc1ccc(Cl)cc1. The first-order valence-corrected chi connectivity index (χ1v) is 6.92. The molecule has 110 valence electrons. The Kier molecular flexibility index (Phi) is 5.44. The zero-order valence-electron chi connectivity index (χ0n) is 11.0. The van der Waals surface area contributed by atoms with Gasteiger partial charge in [-0.3, -0.25) is 4.79 Å². The lowest BCUT2D eigenvalue weighted by Crippen LogP contribution is -2.20. The van der Waals surface area contributed by atoms with E-state index in [-0.39, 0.29) is 19.1 Å². The monoisotopic (exact) mass is 325 g/mol. The lowest BCUT2D eigenvalue weighted by Gasteiger charge is -2.11. The van der Waals surface area contributed by atoms with Crippen LogP contribution in [0.4, 0.5) is 5.69 Å². The molecule has 2 aromatic rings. The number of amides is 1. The van der Waals surface area contributed by atoms with Gasteiger partial charge in [0.15, 0.2) is 6.61 Å². The number of carbonyl (C=O) groups is 1. The molecule has 2 aromatic carbocycles. The summed E-state index contributed by atoms with van der Waals surface area (Å²) < 4.78 is 5.38. The highest BCUT2D eigenvalue weighted by molar-refractivity contribution is 6.31. The van der Waals surface area contributed by atoms with E-state index < -0.39 is 0 Å². The van der Waals surface area contributed by atoms with Crippen molar-refractivity contribution in [2.24, 2.45) is 0 Å². The van der Waals surface area contributed by atoms with Gasteiger partial charge in [0.1, 0.15) is 5.75 Å². The molecule has 0 heterocycles. The molecule has 4 nitrogen and oxygen atoms in total. The van der Waals surface area contributed by atoms with E-state index in [0.29, 0.717) is 27.0 Å². The minimum atomic E-state index is -0.318. The number of rotatable bonds is 5. The van der Waals surface area contributed by atoms with E-state index in [9.17, 15) is 9.90 Å². The molecule has 0 unspecified atom stereocenters. The van der Waals surface area contributed by atoms with Crippen LogP contribution in [0.3, 0.4) is 0 Å². The van der Waals surface area contributed by atoms with Crippen molar-refractivity contribution >= 4 is 34.8 Å². The maximum Gasteiger partial charge on any atom is 0.262 e. The van der Waals surface area contributed by atoms with Gasteiger partial charge in [0, 0.05) is 21.3 Å². The van der Waals surface area contributed by atoms with E-state index in [1.54, 1.807) is 42.5 Å². The van der Waals surface area contributed by atoms with Crippen LogP contribution >= 0.6 is 23.2 Å². The molecule has 0 bridgehead atoms. The van der Waals surface area contributed by atoms with E-state index >= 15 is 0 Å². The quantitative estimate of drug-likeness (QED) is 0.884. The summed E-state index contributed by atoms with van der Waals surface area (Å²) in [5.41, 5.74) is 1.08. The van der Waals surface area contributed by atoms with Crippen molar-refractivity contribution in [3.05, 3.63) is 58.1 Å². The second-order valence-corrected chi connectivity index (χ2v) is 5.06. The third kappa shape index (κ3) is 4.36. The summed E-state index contributed by atoms with van der Waals surface area (Å²) >= 11 is 11.7. The van der Waals surface area contributed by atoms with Crippen molar-refractivity contribution in [2.45, 2.75) is 6.61 Å². The Hall–Kier alpha value is -1.75. The fraction of sp³-hybridized carbons (Fsp3) is 0.133. The molecule has 0 fully saturated rings. The number of aliphatic hydroxyl groups excluding tert-OH is 1. The van der Waals surface area contributed by atoms with Crippen LogP contribution in [0.5, 0.6) is 5.75 Å². The zero-order chi connectivity index (χ0) is 15.2. The van der Waals surface area contributed by atoms with Gasteiger partial charge in [0.2, 0.25) is 0 Å². The maximum absolute atomic E-state index is 11.8. The van der Waals surface area contributed by atoms with Crippen LogP contribution < -0.4 is 10.1 Å². The van der Waals surface area contributed by atoms with E-state index in [1.165, 1.54) is 0 Å². The summed E-state index contributed by atoms with van der Waals surface area (Å²) in [6.45, 7) is -0.441. The fourth-order valence-corrected chi connectivity index (χ4v) is 2.05. The van der Waals surface area contributed by atoms with Crippen LogP contribution in [-0.2, 0) is 11.4 Å². The molecule has 0 spiro atoms. The lowest BCUT2D eigenvalue weighted by atomic mass is 10.2. The minimum absolute atomic E-state index is 0.185. The van der Waals surface area contributed by atoms with Crippen LogP contribution in [0.25, 0.3) is 0 Å². The van der Waals surface area contributed by atoms with Gasteiger partial charge in [-0.15, -0.1) is 0 Å². The van der Waals surface area contributed by atoms with Crippen molar-refractivity contribution in [2.75, 3.05) is 11.9 Å². The number of aliphatic hydroxyl groups is 1. The van der Waals surface area contributed by atoms with Gasteiger partial charge < -0.3 is 15.2 Å². The fourth-order valence-electron chi connectivity index (χ4n) is 1.70. The molecule has 0 aliphatic carbocycles. The molecule has 21 heavy (non-hydrogen) atoms. The molecule has 0 aliphatic heterocycles. The molecule has 0 radical (unpaired) electrons. The Morgan fingerprint density at radius 1 is 1.14 bits per heavy atom. The number of nitrogens with one attached hydrogen (secondary N) is 1. The van der Waals surface area contributed by atoms with E-state index in [1.807, 2.05) is 0 Å². The summed E-state index contributed by atoms with van der Waals surface area (Å²) in [6.07, 6.45) is 0.